The first-order valence-corrected chi connectivity index (χ1v) is 19.0. The molecule has 0 bridgehead atoms. The van der Waals surface area contributed by atoms with Gasteiger partial charge in [0.1, 0.15) is 0 Å². The van der Waals surface area contributed by atoms with Crippen LogP contribution in [0.3, 0.4) is 0 Å². The van der Waals surface area contributed by atoms with E-state index in [4.69, 9.17) is 0 Å². The molecule has 9 rings (SSSR count). The second kappa shape index (κ2) is 11.9. The van der Waals surface area contributed by atoms with Crippen LogP contribution in [-0.4, -0.2) is 0 Å². The minimum Gasteiger partial charge on any atom is -0.310 e. The molecule has 7 aromatic carbocycles. The fourth-order valence-corrected chi connectivity index (χ4v) is 9.50. The van der Waals surface area contributed by atoms with Gasteiger partial charge in [0.2, 0.25) is 0 Å². The molecule has 0 N–H and O–H groups in total. The number of hydrogen-bond donors (Lipinski definition) is 0. The van der Waals surface area contributed by atoms with Crippen LogP contribution in [-0.2, 0) is 16.2 Å². The Morgan fingerprint density at radius 2 is 0.755 bits per heavy atom. The van der Waals surface area contributed by atoms with Crippen LogP contribution >= 0.6 is 0 Å². The maximum atomic E-state index is 2.58. The van der Waals surface area contributed by atoms with Crippen LogP contribution in [0.15, 0.2) is 158 Å². The highest BCUT2D eigenvalue weighted by atomic mass is 15.2. The molecule has 0 saturated carbocycles. The number of benzene rings is 7. The molecular formula is C52H47N. The van der Waals surface area contributed by atoms with Crippen LogP contribution in [0.1, 0.15) is 76.3 Å². The summed E-state index contributed by atoms with van der Waals surface area (Å²) < 4.78 is 0. The molecule has 2 aliphatic rings. The van der Waals surface area contributed by atoms with E-state index < -0.39 is 0 Å². The maximum absolute atomic E-state index is 2.58. The Hall–Kier alpha value is -5.66. The average Bonchev–Trinajstić information content (AvgIpc) is 3.55. The fraction of sp³-hybridized carbons (Fsp3) is 0.192. The van der Waals surface area contributed by atoms with Crippen molar-refractivity contribution in [2.24, 2.45) is 0 Å². The molecule has 0 fully saturated rings. The van der Waals surface area contributed by atoms with E-state index in [2.05, 4.69) is 211 Å². The monoisotopic (exact) mass is 685 g/mol. The van der Waals surface area contributed by atoms with Gasteiger partial charge in [-0.3, -0.25) is 0 Å². The number of nitrogens with zero attached hydrogens (tertiary/aromatic N) is 1. The number of rotatable bonds is 5. The molecule has 0 heterocycles. The van der Waals surface area contributed by atoms with Crippen LogP contribution < -0.4 is 4.90 Å². The zero-order valence-corrected chi connectivity index (χ0v) is 32.0. The molecule has 0 atom stereocenters. The smallest absolute Gasteiger partial charge is 0.0556 e. The van der Waals surface area contributed by atoms with Gasteiger partial charge in [0, 0.05) is 22.2 Å². The van der Waals surface area contributed by atoms with Gasteiger partial charge in [0.05, 0.1) is 5.69 Å². The molecule has 1 heteroatoms. The third kappa shape index (κ3) is 5.05. The maximum Gasteiger partial charge on any atom is 0.0556 e. The summed E-state index contributed by atoms with van der Waals surface area (Å²) in [7, 11) is 0. The predicted molar refractivity (Wildman–Crippen MR) is 226 cm³/mol. The van der Waals surface area contributed by atoms with Gasteiger partial charge in [-0.1, -0.05) is 182 Å². The van der Waals surface area contributed by atoms with Crippen molar-refractivity contribution in [3.8, 4) is 44.5 Å². The lowest BCUT2D eigenvalue weighted by Gasteiger charge is -2.39. The highest BCUT2D eigenvalue weighted by Gasteiger charge is 2.50. The van der Waals surface area contributed by atoms with E-state index in [-0.39, 0.29) is 16.2 Å². The lowest BCUT2D eigenvalue weighted by molar-refractivity contribution is 0.587. The van der Waals surface area contributed by atoms with Gasteiger partial charge in [0.15, 0.2) is 0 Å². The second-order valence-corrected chi connectivity index (χ2v) is 17.0. The summed E-state index contributed by atoms with van der Waals surface area (Å²) in [6.45, 7) is 17.0. The third-order valence-corrected chi connectivity index (χ3v) is 11.9. The number of anilines is 3. The van der Waals surface area contributed by atoms with Crippen molar-refractivity contribution in [3.63, 3.8) is 0 Å². The Morgan fingerprint density at radius 3 is 1.21 bits per heavy atom. The summed E-state index contributed by atoms with van der Waals surface area (Å²) in [4.78, 5) is 2.58. The highest BCUT2D eigenvalue weighted by molar-refractivity contribution is 6.03. The van der Waals surface area contributed by atoms with Crippen LogP contribution in [0.4, 0.5) is 17.1 Å². The first-order valence-electron chi connectivity index (χ1n) is 19.0. The number of hydrogen-bond acceptors (Lipinski definition) is 1. The Morgan fingerprint density at radius 1 is 0.396 bits per heavy atom. The topological polar surface area (TPSA) is 3.24 Å². The van der Waals surface area contributed by atoms with E-state index in [1.165, 1.54) is 83.7 Å². The van der Waals surface area contributed by atoms with Gasteiger partial charge < -0.3 is 4.90 Å². The Kier molecular flexibility index (Phi) is 7.48. The molecule has 53 heavy (non-hydrogen) atoms. The Bertz CT molecular complexity index is 2410. The summed E-state index contributed by atoms with van der Waals surface area (Å²) in [6, 6.07) is 58.2. The molecule has 0 aromatic heterocycles. The second-order valence-electron chi connectivity index (χ2n) is 17.0. The van der Waals surface area contributed by atoms with Gasteiger partial charge in [-0.05, 0) is 102 Å². The van der Waals surface area contributed by atoms with E-state index in [0.717, 1.165) is 5.69 Å². The SMILES string of the molecule is CC(C)(C)c1c2c(c(N(c3ccccc3)c3ccc(-c4ccc(-c5ccccc5)cc4)cc3)c3c1-c1ccccc1C3(C)C)C(C)(C)c1ccccc1-2. The van der Waals surface area contributed by atoms with Crippen molar-refractivity contribution < 1.29 is 0 Å². The molecule has 1 nitrogen and oxygen atoms in total. The molecule has 0 radical (unpaired) electrons. The van der Waals surface area contributed by atoms with Crippen molar-refractivity contribution in [2.45, 2.75) is 64.7 Å². The first-order chi connectivity index (χ1) is 25.5. The summed E-state index contributed by atoms with van der Waals surface area (Å²) >= 11 is 0. The Labute approximate surface area is 315 Å². The Balaban J connectivity index is 1.32. The molecular weight excluding hydrogens is 639 g/mol. The van der Waals surface area contributed by atoms with Crippen molar-refractivity contribution in [3.05, 3.63) is 186 Å². The number of para-hydroxylation sites is 1. The molecule has 0 amide bonds. The van der Waals surface area contributed by atoms with Crippen molar-refractivity contribution >= 4 is 17.1 Å². The first kappa shape index (κ1) is 33.2. The summed E-state index contributed by atoms with van der Waals surface area (Å²) in [5.41, 5.74) is 20.7. The largest absolute Gasteiger partial charge is 0.310 e. The van der Waals surface area contributed by atoms with Crippen LogP contribution in [0.25, 0.3) is 44.5 Å². The number of fused-ring (bicyclic) bond motifs is 6. The predicted octanol–water partition coefficient (Wildman–Crippen LogP) is 14.4. The normalized spacial score (nSPS) is 14.6. The quantitative estimate of drug-likeness (QED) is 0.174. The minimum atomic E-state index is -0.228. The zero-order valence-electron chi connectivity index (χ0n) is 32.0. The van der Waals surface area contributed by atoms with Crippen molar-refractivity contribution in [1.82, 2.24) is 0 Å². The van der Waals surface area contributed by atoms with E-state index in [1.54, 1.807) is 0 Å². The third-order valence-electron chi connectivity index (χ3n) is 11.9. The molecule has 2 aliphatic carbocycles. The van der Waals surface area contributed by atoms with Gasteiger partial charge in [-0.2, -0.15) is 0 Å². The minimum absolute atomic E-state index is 0.0942. The van der Waals surface area contributed by atoms with Crippen LogP contribution in [0.2, 0.25) is 0 Å². The highest BCUT2D eigenvalue weighted by Crippen LogP contribution is 2.65. The summed E-state index contributed by atoms with van der Waals surface area (Å²) in [5, 5.41) is 0. The molecule has 7 aromatic rings. The van der Waals surface area contributed by atoms with E-state index in [9.17, 15) is 0 Å². The lowest BCUT2D eigenvalue weighted by Crippen LogP contribution is -2.27. The van der Waals surface area contributed by atoms with E-state index in [0.29, 0.717) is 0 Å². The van der Waals surface area contributed by atoms with Gasteiger partial charge >= 0.3 is 0 Å². The molecule has 0 saturated heterocycles. The molecule has 0 aliphatic heterocycles. The van der Waals surface area contributed by atoms with Crippen LogP contribution in [0, 0.1) is 0 Å². The molecule has 0 unspecified atom stereocenters. The van der Waals surface area contributed by atoms with Gasteiger partial charge in [-0.25, -0.2) is 0 Å². The summed E-state index contributed by atoms with van der Waals surface area (Å²) in [6.07, 6.45) is 0. The van der Waals surface area contributed by atoms with Crippen molar-refractivity contribution in [1.29, 1.82) is 0 Å². The summed E-state index contributed by atoms with van der Waals surface area (Å²) in [5.74, 6) is 0. The fourth-order valence-electron chi connectivity index (χ4n) is 9.50. The van der Waals surface area contributed by atoms with E-state index >= 15 is 0 Å². The molecule has 0 spiro atoms. The van der Waals surface area contributed by atoms with Gasteiger partial charge in [0.25, 0.3) is 0 Å². The lowest BCUT2D eigenvalue weighted by atomic mass is 9.71. The van der Waals surface area contributed by atoms with Gasteiger partial charge in [-0.15, -0.1) is 0 Å². The standard InChI is InChI=1S/C52H47N/c1-50(2,3)46-44-40-22-14-16-24-42(40)51(4,5)47(44)49(48-45(46)41-23-15-17-25-43(41)52(48,6)7)53(38-20-12-9-13-21-38)39-32-30-37(31-33-39)36-28-26-35(27-29-36)34-18-10-8-11-19-34/h8-33H,1-7H3. The van der Waals surface area contributed by atoms with Crippen LogP contribution in [0.5, 0.6) is 0 Å². The zero-order chi connectivity index (χ0) is 36.7. The average molecular weight is 686 g/mol. The van der Waals surface area contributed by atoms with Crippen molar-refractivity contribution in [2.75, 3.05) is 4.90 Å². The van der Waals surface area contributed by atoms with E-state index in [1.807, 2.05) is 0 Å². The molecule has 260 valence electrons.